The van der Waals surface area contributed by atoms with Crippen molar-refractivity contribution in [1.29, 1.82) is 0 Å². The van der Waals surface area contributed by atoms with Gasteiger partial charge in [-0.05, 0) is 102 Å². The molecule has 0 N–H and O–H groups in total. The SMILES string of the molecule is CC1(C)c2ccccc2-c2cc(-c3c4ccccc4c(-c4ccc5sc6cc7sc8ccccc8c7cc6c5c4)c4ccccc34)ccc21. The van der Waals surface area contributed by atoms with Crippen LogP contribution in [0.1, 0.15) is 25.0 Å². The zero-order valence-corrected chi connectivity index (χ0v) is 28.8. The lowest BCUT2D eigenvalue weighted by molar-refractivity contribution is 0.660. The van der Waals surface area contributed by atoms with Crippen LogP contribution < -0.4 is 0 Å². The maximum atomic E-state index is 2.46. The Balaban J connectivity index is 1.17. The van der Waals surface area contributed by atoms with Crippen molar-refractivity contribution in [3.8, 4) is 33.4 Å². The van der Waals surface area contributed by atoms with E-state index in [4.69, 9.17) is 0 Å². The van der Waals surface area contributed by atoms with E-state index in [9.17, 15) is 0 Å². The van der Waals surface area contributed by atoms with Gasteiger partial charge in [0.2, 0.25) is 0 Å². The molecular formula is C47H30S2. The Morgan fingerprint density at radius 2 is 0.837 bits per heavy atom. The minimum atomic E-state index is -0.00871. The predicted molar refractivity (Wildman–Crippen MR) is 216 cm³/mol. The van der Waals surface area contributed by atoms with Crippen LogP contribution in [-0.2, 0) is 5.41 Å². The molecule has 0 aliphatic heterocycles. The standard InChI is InChI=1S/C47H30S2/c1-47(2)39-17-9-7-11-29(39)35-23-27(19-21-40(35)47)45-31-13-3-5-15-33(31)46(34-16-6-4-14-32(34)45)28-20-22-42-36(24-28)38-25-37-30-12-8-10-18-41(30)48-43(37)26-44(38)49-42/h3-26H,1-2H3. The van der Waals surface area contributed by atoms with E-state index in [1.165, 1.54) is 106 Å². The number of hydrogen-bond donors (Lipinski definition) is 0. The topological polar surface area (TPSA) is 0 Å². The highest BCUT2D eigenvalue weighted by Gasteiger charge is 2.35. The van der Waals surface area contributed by atoms with Gasteiger partial charge in [-0.3, -0.25) is 0 Å². The summed E-state index contributed by atoms with van der Waals surface area (Å²) in [6.07, 6.45) is 0. The van der Waals surface area contributed by atoms with Crippen molar-refractivity contribution in [3.63, 3.8) is 0 Å². The summed E-state index contributed by atoms with van der Waals surface area (Å²) >= 11 is 3.81. The molecular weight excluding hydrogens is 629 g/mol. The fourth-order valence-electron chi connectivity index (χ4n) is 8.78. The van der Waals surface area contributed by atoms with Crippen molar-refractivity contribution in [1.82, 2.24) is 0 Å². The van der Waals surface area contributed by atoms with Crippen molar-refractivity contribution in [2.75, 3.05) is 0 Å². The highest BCUT2D eigenvalue weighted by atomic mass is 32.1. The van der Waals surface area contributed by atoms with E-state index in [-0.39, 0.29) is 5.41 Å². The van der Waals surface area contributed by atoms with Crippen molar-refractivity contribution >= 4 is 84.6 Å². The van der Waals surface area contributed by atoms with E-state index in [0.717, 1.165) is 0 Å². The van der Waals surface area contributed by atoms with Crippen LogP contribution in [0.2, 0.25) is 0 Å². The number of benzene rings is 8. The fourth-order valence-corrected chi connectivity index (χ4v) is 11.1. The molecule has 1 aliphatic carbocycles. The second kappa shape index (κ2) is 9.89. The van der Waals surface area contributed by atoms with Gasteiger partial charge in [-0.25, -0.2) is 0 Å². The molecule has 0 spiro atoms. The van der Waals surface area contributed by atoms with Gasteiger partial charge in [0.1, 0.15) is 0 Å². The fraction of sp³-hybridized carbons (Fsp3) is 0.0638. The van der Waals surface area contributed by atoms with Crippen LogP contribution in [0.5, 0.6) is 0 Å². The lowest BCUT2D eigenvalue weighted by Crippen LogP contribution is -2.14. The second-order valence-electron chi connectivity index (χ2n) is 14.0. The van der Waals surface area contributed by atoms with E-state index in [2.05, 4.69) is 159 Å². The maximum Gasteiger partial charge on any atom is 0.0369 e. The summed E-state index contributed by atoms with van der Waals surface area (Å²) in [4.78, 5) is 0. The number of thiophene rings is 2. The predicted octanol–water partition coefficient (Wildman–Crippen LogP) is 14.4. The first-order valence-corrected chi connectivity index (χ1v) is 18.6. The van der Waals surface area contributed by atoms with E-state index < -0.39 is 0 Å². The summed E-state index contributed by atoms with van der Waals surface area (Å²) in [7, 11) is 0. The summed E-state index contributed by atoms with van der Waals surface area (Å²) in [5, 5.41) is 10.6. The average Bonchev–Trinajstić information content (AvgIpc) is 3.76. The third-order valence-electron chi connectivity index (χ3n) is 11.1. The normalized spacial score (nSPS) is 13.7. The Morgan fingerprint density at radius 1 is 0.347 bits per heavy atom. The molecule has 0 radical (unpaired) electrons. The highest BCUT2D eigenvalue weighted by molar-refractivity contribution is 7.28. The highest BCUT2D eigenvalue weighted by Crippen LogP contribution is 2.51. The van der Waals surface area contributed by atoms with Crippen molar-refractivity contribution in [2.45, 2.75) is 19.3 Å². The molecule has 1 aliphatic rings. The molecule has 49 heavy (non-hydrogen) atoms. The molecule has 2 heteroatoms. The Labute approximate surface area is 292 Å². The quantitative estimate of drug-likeness (QED) is 0.162. The van der Waals surface area contributed by atoms with Gasteiger partial charge in [-0.1, -0.05) is 123 Å². The average molecular weight is 659 g/mol. The summed E-state index contributed by atoms with van der Waals surface area (Å²) in [6.45, 7) is 4.71. The summed E-state index contributed by atoms with van der Waals surface area (Å²) in [5.41, 5.74) is 10.7. The van der Waals surface area contributed by atoms with E-state index >= 15 is 0 Å². The first-order chi connectivity index (χ1) is 24.0. The second-order valence-corrected chi connectivity index (χ2v) is 16.2. The van der Waals surface area contributed by atoms with Crippen LogP contribution in [0.3, 0.4) is 0 Å². The first kappa shape index (κ1) is 27.6. The Morgan fingerprint density at radius 3 is 1.53 bits per heavy atom. The Kier molecular flexibility index (Phi) is 5.58. The van der Waals surface area contributed by atoms with E-state index in [1.807, 2.05) is 22.7 Å². The molecule has 11 rings (SSSR count). The maximum absolute atomic E-state index is 2.46. The van der Waals surface area contributed by atoms with Crippen LogP contribution in [0.25, 0.3) is 95.3 Å². The Bertz CT molecular complexity index is 2970. The molecule has 0 amide bonds. The number of fused-ring (bicyclic) bond motifs is 11. The molecule has 230 valence electrons. The van der Waals surface area contributed by atoms with Crippen molar-refractivity contribution in [2.24, 2.45) is 0 Å². The number of rotatable bonds is 2. The summed E-state index contributed by atoms with van der Waals surface area (Å²) in [5.74, 6) is 0. The van der Waals surface area contributed by atoms with Gasteiger partial charge < -0.3 is 0 Å². The van der Waals surface area contributed by atoms with E-state index in [1.54, 1.807) is 0 Å². The molecule has 10 aromatic rings. The molecule has 8 aromatic carbocycles. The molecule has 0 atom stereocenters. The van der Waals surface area contributed by atoms with Crippen LogP contribution in [-0.4, -0.2) is 0 Å². The molecule has 2 aromatic heterocycles. The molecule has 0 saturated carbocycles. The smallest absolute Gasteiger partial charge is 0.0369 e. The van der Waals surface area contributed by atoms with Crippen LogP contribution in [0.15, 0.2) is 146 Å². The van der Waals surface area contributed by atoms with E-state index in [0.29, 0.717) is 0 Å². The summed E-state index contributed by atoms with van der Waals surface area (Å²) in [6, 6.07) is 55.0. The van der Waals surface area contributed by atoms with Crippen LogP contribution in [0.4, 0.5) is 0 Å². The summed E-state index contributed by atoms with van der Waals surface area (Å²) < 4.78 is 5.42. The Hall–Kier alpha value is -5.28. The van der Waals surface area contributed by atoms with Gasteiger partial charge in [0, 0.05) is 45.8 Å². The molecule has 0 unspecified atom stereocenters. The molecule has 0 nitrogen and oxygen atoms in total. The lowest BCUT2D eigenvalue weighted by Gasteiger charge is -2.22. The van der Waals surface area contributed by atoms with Gasteiger partial charge in [0.25, 0.3) is 0 Å². The van der Waals surface area contributed by atoms with Gasteiger partial charge >= 0.3 is 0 Å². The van der Waals surface area contributed by atoms with Crippen LogP contribution >= 0.6 is 22.7 Å². The largest absolute Gasteiger partial charge is 0.135 e. The number of hydrogen-bond acceptors (Lipinski definition) is 2. The molecule has 0 saturated heterocycles. The lowest BCUT2D eigenvalue weighted by atomic mass is 9.81. The minimum Gasteiger partial charge on any atom is -0.135 e. The van der Waals surface area contributed by atoms with Crippen LogP contribution in [0, 0.1) is 0 Å². The first-order valence-electron chi connectivity index (χ1n) is 17.0. The zero-order chi connectivity index (χ0) is 32.4. The zero-order valence-electron chi connectivity index (χ0n) is 27.2. The van der Waals surface area contributed by atoms with Gasteiger partial charge in [-0.2, -0.15) is 0 Å². The third kappa shape index (κ3) is 3.79. The van der Waals surface area contributed by atoms with Crippen molar-refractivity contribution < 1.29 is 0 Å². The molecule has 2 heterocycles. The monoisotopic (exact) mass is 658 g/mol. The minimum absolute atomic E-state index is 0.00871. The third-order valence-corrected chi connectivity index (χ3v) is 13.3. The van der Waals surface area contributed by atoms with Gasteiger partial charge in [-0.15, -0.1) is 22.7 Å². The van der Waals surface area contributed by atoms with Gasteiger partial charge in [0.05, 0.1) is 0 Å². The molecule has 0 fully saturated rings. The van der Waals surface area contributed by atoms with Crippen molar-refractivity contribution in [3.05, 3.63) is 157 Å². The van der Waals surface area contributed by atoms with Gasteiger partial charge in [0.15, 0.2) is 0 Å². The molecule has 0 bridgehead atoms.